The monoisotopic (exact) mass is 523 g/mol. The third-order valence-corrected chi connectivity index (χ3v) is 6.39. The van der Waals surface area contributed by atoms with Gasteiger partial charge in [0.15, 0.2) is 5.75 Å². The van der Waals surface area contributed by atoms with Gasteiger partial charge in [-0.1, -0.05) is 30.4 Å². The van der Waals surface area contributed by atoms with Gasteiger partial charge in [-0.3, -0.25) is 14.6 Å². The summed E-state index contributed by atoms with van der Waals surface area (Å²) >= 11 is 0. The van der Waals surface area contributed by atoms with Gasteiger partial charge in [0, 0.05) is 50.2 Å². The molecule has 8 nitrogen and oxygen atoms in total. The van der Waals surface area contributed by atoms with Gasteiger partial charge >= 0.3 is 6.36 Å². The first kappa shape index (κ1) is 25.2. The first-order valence-electron chi connectivity index (χ1n) is 12.0. The van der Waals surface area contributed by atoms with Crippen LogP contribution in [0.2, 0.25) is 0 Å². The van der Waals surface area contributed by atoms with Gasteiger partial charge in [0.05, 0.1) is 17.6 Å². The number of halogens is 3. The van der Waals surface area contributed by atoms with Crippen molar-refractivity contribution < 1.29 is 27.5 Å². The van der Waals surface area contributed by atoms with Crippen LogP contribution < -0.4 is 9.64 Å². The molecule has 3 aromatic rings. The van der Waals surface area contributed by atoms with Crippen molar-refractivity contribution in [2.24, 2.45) is 0 Å². The van der Waals surface area contributed by atoms with Crippen LogP contribution >= 0.6 is 0 Å². The number of anilines is 2. The highest BCUT2D eigenvalue weighted by Crippen LogP contribution is 2.40. The van der Waals surface area contributed by atoms with E-state index in [-0.39, 0.29) is 49.0 Å². The molecule has 0 bridgehead atoms. The molecule has 2 aliphatic heterocycles. The maximum absolute atomic E-state index is 13.4. The van der Waals surface area contributed by atoms with Crippen LogP contribution in [0, 0.1) is 6.92 Å². The average Bonchev–Trinajstić information content (AvgIpc) is 2.92. The number of carbonyl (C=O) groups excluding carboxylic acids is 2. The Labute approximate surface area is 217 Å². The number of piperazine rings is 1. The molecule has 1 aromatic heterocycles. The molecule has 1 fully saturated rings. The van der Waals surface area contributed by atoms with Gasteiger partial charge < -0.3 is 19.4 Å². The number of alkyl halides is 3. The van der Waals surface area contributed by atoms with Gasteiger partial charge in [0.2, 0.25) is 0 Å². The molecule has 2 aromatic carbocycles. The van der Waals surface area contributed by atoms with E-state index in [4.69, 9.17) is 0 Å². The molecule has 0 radical (unpaired) electrons. The number of hydrogen-bond donors (Lipinski definition) is 0. The number of fused-ring (bicyclic) bond motifs is 1. The van der Waals surface area contributed by atoms with Crippen molar-refractivity contribution in [2.45, 2.75) is 13.3 Å². The lowest BCUT2D eigenvalue weighted by molar-refractivity contribution is -0.274. The van der Waals surface area contributed by atoms with Gasteiger partial charge in [-0.15, -0.1) is 13.2 Å². The normalized spacial score (nSPS) is 15.3. The molecule has 2 aliphatic rings. The van der Waals surface area contributed by atoms with Crippen molar-refractivity contribution in [2.75, 3.05) is 37.6 Å². The van der Waals surface area contributed by atoms with Crippen LogP contribution in [0.4, 0.5) is 24.5 Å². The molecular formula is C27H24F3N5O3. The molecule has 196 valence electrons. The number of ether oxygens (including phenoxy) is 1. The fraction of sp³-hybridized carbons (Fsp3) is 0.259. The fourth-order valence-corrected chi connectivity index (χ4v) is 4.52. The predicted octanol–water partition coefficient (Wildman–Crippen LogP) is 4.45. The molecule has 0 N–H and O–H groups in total. The highest BCUT2D eigenvalue weighted by Gasteiger charge is 2.34. The van der Waals surface area contributed by atoms with Crippen LogP contribution in [0.15, 0.2) is 60.9 Å². The third-order valence-electron chi connectivity index (χ3n) is 6.39. The quantitative estimate of drug-likeness (QED) is 0.503. The molecule has 38 heavy (non-hydrogen) atoms. The lowest BCUT2D eigenvalue weighted by Gasteiger charge is -2.35. The molecule has 2 amide bonds. The second-order valence-electron chi connectivity index (χ2n) is 8.93. The van der Waals surface area contributed by atoms with Crippen LogP contribution in [0.5, 0.6) is 5.75 Å². The highest BCUT2D eigenvalue weighted by atomic mass is 19.4. The molecule has 0 spiro atoms. The van der Waals surface area contributed by atoms with E-state index < -0.39 is 18.0 Å². The number of amides is 2. The van der Waals surface area contributed by atoms with Crippen LogP contribution in [-0.4, -0.2) is 70.7 Å². The largest absolute Gasteiger partial charge is 0.573 e. The molecule has 3 heterocycles. The Kier molecular flexibility index (Phi) is 6.75. The first-order valence-corrected chi connectivity index (χ1v) is 12.0. The van der Waals surface area contributed by atoms with Crippen molar-refractivity contribution in [3.8, 4) is 5.75 Å². The van der Waals surface area contributed by atoms with E-state index in [0.717, 1.165) is 17.3 Å². The second-order valence-corrected chi connectivity index (χ2v) is 8.93. The summed E-state index contributed by atoms with van der Waals surface area (Å²) in [5, 5.41) is 0. The van der Waals surface area contributed by atoms with Crippen molar-refractivity contribution >= 4 is 29.3 Å². The molecular weight excluding hydrogens is 499 g/mol. The molecule has 0 aliphatic carbocycles. The van der Waals surface area contributed by atoms with E-state index in [9.17, 15) is 22.8 Å². The number of aryl methyl sites for hydroxylation is 1. The Hall–Kier alpha value is -4.41. The first-order chi connectivity index (χ1) is 18.2. The summed E-state index contributed by atoms with van der Waals surface area (Å²) in [6.45, 7) is 3.10. The molecule has 1 saturated heterocycles. The topological polar surface area (TPSA) is 78.9 Å². The number of hydrogen-bond acceptors (Lipinski definition) is 6. The van der Waals surface area contributed by atoms with Crippen molar-refractivity contribution in [3.63, 3.8) is 0 Å². The second kappa shape index (κ2) is 10.2. The van der Waals surface area contributed by atoms with E-state index >= 15 is 0 Å². The summed E-state index contributed by atoms with van der Waals surface area (Å²) in [5.41, 5.74) is 2.77. The lowest BCUT2D eigenvalue weighted by atomic mass is 10.1. The van der Waals surface area contributed by atoms with E-state index in [1.54, 1.807) is 16.7 Å². The summed E-state index contributed by atoms with van der Waals surface area (Å²) in [6, 6.07) is 11.5. The van der Waals surface area contributed by atoms with Crippen LogP contribution in [-0.2, 0) is 0 Å². The van der Waals surface area contributed by atoms with Crippen molar-refractivity contribution in [1.82, 2.24) is 19.8 Å². The zero-order valence-corrected chi connectivity index (χ0v) is 20.5. The molecule has 0 saturated carbocycles. The Balaban J connectivity index is 1.34. The van der Waals surface area contributed by atoms with Gasteiger partial charge in [0.1, 0.15) is 5.69 Å². The fourth-order valence-electron chi connectivity index (χ4n) is 4.52. The van der Waals surface area contributed by atoms with Crippen LogP contribution in [0.3, 0.4) is 0 Å². The Bertz CT molecular complexity index is 1380. The lowest BCUT2D eigenvalue weighted by Crippen LogP contribution is -2.50. The summed E-state index contributed by atoms with van der Waals surface area (Å²) < 4.78 is 44.4. The third kappa shape index (κ3) is 5.31. The van der Waals surface area contributed by atoms with Crippen LogP contribution in [0.25, 0.3) is 6.08 Å². The number of rotatable bonds is 4. The standard InChI is InChI=1S/C27H24F3N5O3/c1-18-16-32-21(17-31-18)26(37)34-13-11-33(12-14-34)25(36)20-8-9-23(24(15-20)38-27(28,29)30)35-10-4-6-19-5-2-3-7-22(19)35/h2-9,15-17H,10-14H2,1H3. The van der Waals surface area contributed by atoms with E-state index in [1.165, 1.54) is 29.4 Å². The van der Waals surface area contributed by atoms with E-state index in [2.05, 4.69) is 14.7 Å². The average molecular weight is 524 g/mol. The Morgan fingerprint density at radius 3 is 2.29 bits per heavy atom. The number of para-hydroxylation sites is 1. The number of nitrogens with zero attached hydrogens (tertiary/aromatic N) is 5. The maximum Gasteiger partial charge on any atom is 0.573 e. The number of carbonyl (C=O) groups is 2. The molecule has 5 rings (SSSR count). The Morgan fingerprint density at radius 2 is 1.61 bits per heavy atom. The van der Waals surface area contributed by atoms with Crippen LogP contribution in [0.1, 0.15) is 32.1 Å². The minimum Gasteiger partial charge on any atom is -0.404 e. The summed E-state index contributed by atoms with van der Waals surface area (Å²) in [5.74, 6) is -1.18. The van der Waals surface area contributed by atoms with Gasteiger partial charge in [-0.25, -0.2) is 4.98 Å². The van der Waals surface area contributed by atoms with Gasteiger partial charge in [0.25, 0.3) is 11.8 Å². The van der Waals surface area contributed by atoms with Gasteiger partial charge in [-0.2, -0.15) is 0 Å². The minimum atomic E-state index is -4.94. The molecule has 0 unspecified atom stereocenters. The summed E-state index contributed by atoms with van der Waals surface area (Å²) in [4.78, 5) is 38.9. The number of aromatic nitrogens is 2. The highest BCUT2D eigenvalue weighted by molar-refractivity contribution is 5.96. The summed E-state index contributed by atoms with van der Waals surface area (Å²) in [6.07, 6.45) is 1.74. The van der Waals surface area contributed by atoms with Crippen molar-refractivity contribution in [1.29, 1.82) is 0 Å². The number of benzene rings is 2. The van der Waals surface area contributed by atoms with Gasteiger partial charge in [-0.05, 0) is 36.8 Å². The summed E-state index contributed by atoms with van der Waals surface area (Å²) in [7, 11) is 0. The zero-order chi connectivity index (χ0) is 26.9. The maximum atomic E-state index is 13.4. The molecule has 11 heteroatoms. The van der Waals surface area contributed by atoms with E-state index in [0.29, 0.717) is 12.2 Å². The predicted molar refractivity (Wildman–Crippen MR) is 134 cm³/mol. The van der Waals surface area contributed by atoms with Crippen molar-refractivity contribution in [3.05, 3.63) is 83.4 Å². The Morgan fingerprint density at radius 1 is 0.895 bits per heavy atom. The molecule has 0 atom stereocenters. The zero-order valence-electron chi connectivity index (χ0n) is 20.5. The van der Waals surface area contributed by atoms with E-state index in [1.807, 2.05) is 36.4 Å². The smallest absolute Gasteiger partial charge is 0.404 e. The SMILES string of the molecule is Cc1cnc(C(=O)N2CCN(C(=O)c3ccc(N4CC=Cc5ccccc54)c(OC(F)(F)F)c3)CC2)cn1. The minimum absolute atomic E-state index is 0.0676.